The van der Waals surface area contributed by atoms with Gasteiger partial charge >= 0.3 is 0 Å². The smallest absolute Gasteiger partial charge is 0.264 e. The Labute approximate surface area is 194 Å². The lowest BCUT2D eigenvalue weighted by Gasteiger charge is -2.40. The number of piperidine rings is 1. The Balaban J connectivity index is 0.00000128. The van der Waals surface area contributed by atoms with Crippen molar-refractivity contribution in [3.8, 4) is 0 Å². The standard InChI is InChI=1S/C22H27N3O2S.2ClH/c26-21(25-12-11-24-18(15-25)16-4-2-1-3-5-16)19-14-17-6-13-27-22(20(17)28-19)7-9-23-10-8-22;;/h1-5,14,18,23-24H,6-13,15H2;2*1H. The number of fused-ring (bicyclic) bond motifs is 2. The molecule has 5 rings (SSSR count). The molecule has 4 heterocycles. The van der Waals surface area contributed by atoms with Crippen molar-refractivity contribution < 1.29 is 9.53 Å². The number of hydrogen-bond donors (Lipinski definition) is 2. The molecule has 3 aliphatic rings. The minimum absolute atomic E-state index is 0. The lowest BCUT2D eigenvalue weighted by molar-refractivity contribution is -0.0771. The minimum Gasteiger partial charge on any atom is -0.369 e. The van der Waals surface area contributed by atoms with E-state index in [1.807, 2.05) is 11.0 Å². The lowest BCUT2D eigenvalue weighted by Crippen LogP contribution is -2.48. The number of hydrogen-bond acceptors (Lipinski definition) is 5. The number of thiophene rings is 1. The molecule has 2 aromatic rings. The molecule has 1 spiro atoms. The monoisotopic (exact) mass is 469 g/mol. The molecule has 0 saturated carbocycles. The summed E-state index contributed by atoms with van der Waals surface area (Å²) in [4.78, 5) is 17.5. The summed E-state index contributed by atoms with van der Waals surface area (Å²) in [5.74, 6) is 0.172. The Morgan fingerprint density at radius 3 is 2.67 bits per heavy atom. The molecule has 1 atom stereocenters. The number of nitrogens with zero attached hydrogens (tertiary/aromatic N) is 1. The van der Waals surface area contributed by atoms with Gasteiger partial charge in [0.2, 0.25) is 0 Å². The molecule has 1 aromatic heterocycles. The fourth-order valence-electron chi connectivity index (χ4n) is 4.73. The molecule has 2 N–H and O–H groups in total. The van der Waals surface area contributed by atoms with Crippen LogP contribution < -0.4 is 10.6 Å². The predicted octanol–water partition coefficient (Wildman–Crippen LogP) is 3.53. The Kier molecular flexibility index (Phi) is 7.82. The average molecular weight is 470 g/mol. The predicted molar refractivity (Wildman–Crippen MR) is 125 cm³/mol. The van der Waals surface area contributed by atoms with E-state index in [1.54, 1.807) is 11.3 Å². The second kappa shape index (κ2) is 9.98. The van der Waals surface area contributed by atoms with E-state index in [4.69, 9.17) is 4.74 Å². The molecule has 5 nitrogen and oxygen atoms in total. The summed E-state index contributed by atoms with van der Waals surface area (Å²) in [5.41, 5.74) is 2.40. The molecular weight excluding hydrogens is 441 g/mol. The maximum atomic E-state index is 13.3. The number of ether oxygens (including phenoxy) is 1. The molecule has 0 bridgehead atoms. The van der Waals surface area contributed by atoms with Crippen LogP contribution in [-0.4, -0.2) is 50.1 Å². The number of piperazine rings is 1. The number of amides is 1. The van der Waals surface area contributed by atoms with E-state index in [-0.39, 0.29) is 42.4 Å². The number of benzene rings is 1. The van der Waals surface area contributed by atoms with Gasteiger partial charge in [0.15, 0.2) is 0 Å². The Morgan fingerprint density at radius 2 is 1.90 bits per heavy atom. The fraction of sp³-hybridized carbons (Fsp3) is 0.500. The largest absolute Gasteiger partial charge is 0.369 e. The summed E-state index contributed by atoms with van der Waals surface area (Å²) in [6.07, 6.45) is 2.91. The van der Waals surface area contributed by atoms with E-state index < -0.39 is 0 Å². The molecule has 1 amide bonds. The van der Waals surface area contributed by atoms with Gasteiger partial charge in [-0.1, -0.05) is 30.3 Å². The molecule has 2 fully saturated rings. The number of halogens is 2. The van der Waals surface area contributed by atoms with Gasteiger partial charge < -0.3 is 20.3 Å². The van der Waals surface area contributed by atoms with E-state index in [2.05, 4.69) is 41.0 Å². The van der Waals surface area contributed by atoms with Crippen LogP contribution in [0.15, 0.2) is 36.4 Å². The number of carbonyl (C=O) groups is 1. The molecule has 164 valence electrons. The summed E-state index contributed by atoms with van der Waals surface area (Å²) < 4.78 is 6.28. The van der Waals surface area contributed by atoms with Crippen molar-refractivity contribution in [2.24, 2.45) is 0 Å². The molecule has 8 heteroatoms. The van der Waals surface area contributed by atoms with Crippen LogP contribution in [0.4, 0.5) is 0 Å². The van der Waals surface area contributed by atoms with Crippen molar-refractivity contribution in [3.05, 3.63) is 57.3 Å². The van der Waals surface area contributed by atoms with Crippen molar-refractivity contribution in [2.75, 3.05) is 39.3 Å². The third-order valence-corrected chi connectivity index (χ3v) is 7.61. The Morgan fingerprint density at radius 1 is 1.13 bits per heavy atom. The maximum Gasteiger partial charge on any atom is 0.264 e. The van der Waals surface area contributed by atoms with E-state index in [9.17, 15) is 4.79 Å². The maximum absolute atomic E-state index is 13.3. The second-order valence-electron chi connectivity index (χ2n) is 7.98. The topological polar surface area (TPSA) is 53.6 Å². The number of nitrogens with one attached hydrogen (secondary N) is 2. The summed E-state index contributed by atoms with van der Waals surface area (Å²) in [5, 5.41) is 6.98. The van der Waals surface area contributed by atoms with Gasteiger partial charge in [-0.15, -0.1) is 36.2 Å². The Bertz CT molecular complexity index is 855. The molecule has 1 unspecified atom stereocenters. The van der Waals surface area contributed by atoms with Crippen LogP contribution in [0.1, 0.15) is 44.6 Å². The minimum atomic E-state index is -0.169. The molecule has 3 aliphatic heterocycles. The van der Waals surface area contributed by atoms with Crippen molar-refractivity contribution >= 4 is 42.1 Å². The molecule has 1 aromatic carbocycles. The van der Waals surface area contributed by atoms with Gasteiger partial charge in [0.1, 0.15) is 5.60 Å². The molecule has 0 radical (unpaired) electrons. The summed E-state index contributed by atoms with van der Waals surface area (Å²) in [6.45, 7) is 5.04. The third-order valence-electron chi connectivity index (χ3n) is 6.26. The summed E-state index contributed by atoms with van der Waals surface area (Å²) in [7, 11) is 0. The highest BCUT2D eigenvalue weighted by molar-refractivity contribution is 7.14. The summed E-state index contributed by atoms with van der Waals surface area (Å²) >= 11 is 1.68. The van der Waals surface area contributed by atoms with Crippen LogP contribution in [-0.2, 0) is 16.8 Å². The number of carbonyl (C=O) groups excluding carboxylic acids is 1. The first kappa shape index (κ1) is 23.5. The van der Waals surface area contributed by atoms with E-state index in [0.29, 0.717) is 0 Å². The van der Waals surface area contributed by atoms with Crippen LogP contribution in [0.2, 0.25) is 0 Å². The third kappa shape index (κ3) is 4.40. The van der Waals surface area contributed by atoms with E-state index >= 15 is 0 Å². The zero-order valence-electron chi connectivity index (χ0n) is 16.9. The average Bonchev–Trinajstić information content (AvgIpc) is 3.21. The van der Waals surface area contributed by atoms with Gasteiger partial charge in [0.25, 0.3) is 5.91 Å². The van der Waals surface area contributed by atoms with E-state index in [1.165, 1.54) is 16.0 Å². The second-order valence-corrected chi connectivity index (χ2v) is 9.03. The number of rotatable bonds is 2. The zero-order chi connectivity index (χ0) is 19.0. The van der Waals surface area contributed by atoms with Gasteiger partial charge in [-0.2, -0.15) is 0 Å². The highest BCUT2D eigenvalue weighted by Crippen LogP contribution is 2.44. The van der Waals surface area contributed by atoms with Gasteiger partial charge in [0, 0.05) is 30.6 Å². The van der Waals surface area contributed by atoms with Crippen LogP contribution in [0.5, 0.6) is 0 Å². The quantitative estimate of drug-likeness (QED) is 0.706. The van der Waals surface area contributed by atoms with Crippen molar-refractivity contribution in [1.82, 2.24) is 15.5 Å². The van der Waals surface area contributed by atoms with Gasteiger partial charge in [-0.3, -0.25) is 4.79 Å². The van der Waals surface area contributed by atoms with Crippen LogP contribution >= 0.6 is 36.2 Å². The highest BCUT2D eigenvalue weighted by atomic mass is 35.5. The van der Waals surface area contributed by atoms with Crippen LogP contribution in [0.3, 0.4) is 0 Å². The molecular formula is C22H29Cl2N3O2S. The van der Waals surface area contributed by atoms with Gasteiger partial charge in [-0.05, 0) is 49.5 Å². The van der Waals surface area contributed by atoms with Gasteiger partial charge in [-0.25, -0.2) is 0 Å². The Hall–Kier alpha value is -1.15. The molecule has 0 aliphatic carbocycles. The van der Waals surface area contributed by atoms with Gasteiger partial charge in [0.05, 0.1) is 11.5 Å². The SMILES string of the molecule is Cl.Cl.O=C(c1cc2c(s1)C1(CCNCC1)OCC2)N1CCNC(c2ccccc2)C1. The van der Waals surface area contributed by atoms with Crippen molar-refractivity contribution in [2.45, 2.75) is 30.9 Å². The first-order valence-electron chi connectivity index (χ1n) is 10.3. The lowest BCUT2D eigenvalue weighted by atomic mass is 9.86. The first-order chi connectivity index (χ1) is 13.8. The normalized spacial score (nSPS) is 22.5. The first-order valence-corrected chi connectivity index (χ1v) is 11.1. The molecule has 2 saturated heterocycles. The van der Waals surface area contributed by atoms with Crippen LogP contribution in [0, 0.1) is 0 Å². The zero-order valence-corrected chi connectivity index (χ0v) is 19.3. The van der Waals surface area contributed by atoms with E-state index in [0.717, 1.165) is 63.5 Å². The fourth-order valence-corrected chi connectivity index (χ4v) is 6.11. The van der Waals surface area contributed by atoms with Crippen molar-refractivity contribution in [3.63, 3.8) is 0 Å². The van der Waals surface area contributed by atoms with Crippen molar-refractivity contribution in [1.29, 1.82) is 0 Å². The summed E-state index contributed by atoms with van der Waals surface area (Å²) in [6, 6.07) is 12.8. The van der Waals surface area contributed by atoms with Crippen LogP contribution in [0.25, 0.3) is 0 Å². The highest BCUT2D eigenvalue weighted by Gasteiger charge is 2.41. The molecule has 30 heavy (non-hydrogen) atoms.